The second kappa shape index (κ2) is 6.52. The van der Waals surface area contributed by atoms with E-state index in [0.717, 1.165) is 13.1 Å². The molecule has 22 heavy (non-hydrogen) atoms. The van der Waals surface area contributed by atoms with Crippen LogP contribution in [0.3, 0.4) is 0 Å². The van der Waals surface area contributed by atoms with Crippen LogP contribution in [-0.4, -0.2) is 31.8 Å². The highest BCUT2D eigenvalue weighted by molar-refractivity contribution is 5.73. The number of aliphatic imine (C=N–C) groups is 1. The molecule has 3 rings (SSSR count). The van der Waals surface area contributed by atoms with Gasteiger partial charge in [0.05, 0.1) is 0 Å². The smallest absolute Gasteiger partial charge is 0.282 e. The standard InChI is InChI=1S/C18H21N3O/c1-2-21(12-16-13-22-18(19)20-16)17-10-8-15(9-11-17)14-6-4-3-5-7-14/h3-11,16H,2,12-13H2,1H3,(H2,19,20). The molecule has 0 amide bonds. The summed E-state index contributed by atoms with van der Waals surface area (Å²) in [6.45, 7) is 4.47. The topological polar surface area (TPSA) is 50.9 Å². The summed E-state index contributed by atoms with van der Waals surface area (Å²) in [4.78, 5) is 6.59. The summed E-state index contributed by atoms with van der Waals surface area (Å²) < 4.78 is 5.22. The lowest BCUT2D eigenvalue weighted by Gasteiger charge is -2.24. The highest BCUT2D eigenvalue weighted by Gasteiger charge is 2.19. The van der Waals surface area contributed by atoms with Crippen LogP contribution in [0.15, 0.2) is 59.6 Å². The van der Waals surface area contributed by atoms with Crippen molar-refractivity contribution in [3.05, 3.63) is 54.6 Å². The fourth-order valence-corrected chi connectivity index (χ4v) is 2.70. The van der Waals surface area contributed by atoms with Crippen LogP contribution in [0.4, 0.5) is 5.69 Å². The summed E-state index contributed by atoms with van der Waals surface area (Å²) in [5.41, 5.74) is 9.24. The molecule has 0 bridgehead atoms. The molecule has 0 saturated carbocycles. The van der Waals surface area contributed by atoms with Gasteiger partial charge in [0.2, 0.25) is 0 Å². The lowest BCUT2D eigenvalue weighted by Crippen LogP contribution is -2.32. The summed E-state index contributed by atoms with van der Waals surface area (Å²) in [5.74, 6) is 0. The Morgan fingerprint density at radius 2 is 1.77 bits per heavy atom. The van der Waals surface area contributed by atoms with Crippen molar-refractivity contribution in [1.82, 2.24) is 0 Å². The molecule has 0 spiro atoms. The predicted molar refractivity (Wildman–Crippen MR) is 91.1 cm³/mol. The second-order valence-electron chi connectivity index (χ2n) is 5.38. The molecule has 2 N–H and O–H groups in total. The van der Waals surface area contributed by atoms with Gasteiger partial charge in [0.25, 0.3) is 6.02 Å². The highest BCUT2D eigenvalue weighted by atomic mass is 16.5. The summed E-state index contributed by atoms with van der Waals surface area (Å²) in [5, 5.41) is 0. The molecule has 2 aromatic rings. The molecule has 1 aliphatic rings. The number of hydrogen-bond donors (Lipinski definition) is 1. The number of nitrogens with zero attached hydrogens (tertiary/aromatic N) is 2. The van der Waals surface area contributed by atoms with E-state index < -0.39 is 0 Å². The van der Waals surface area contributed by atoms with E-state index in [9.17, 15) is 0 Å². The maximum atomic E-state index is 5.57. The monoisotopic (exact) mass is 295 g/mol. The average Bonchev–Trinajstić information content (AvgIpc) is 2.99. The minimum atomic E-state index is 0.119. The quantitative estimate of drug-likeness (QED) is 0.922. The molecule has 1 unspecified atom stereocenters. The number of anilines is 1. The van der Waals surface area contributed by atoms with Gasteiger partial charge in [-0.3, -0.25) is 0 Å². The van der Waals surface area contributed by atoms with Crippen molar-refractivity contribution < 1.29 is 4.74 Å². The van der Waals surface area contributed by atoms with E-state index in [-0.39, 0.29) is 6.04 Å². The number of amidine groups is 1. The molecule has 2 aromatic carbocycles. The third-order valence-electron chi connectivity index (χ3n) is 3.89. The molecule has 4 heteroatoms. The zero-order valence-corrected chi connectivity index (χ0v) is 12.8. The molecule has 0 aromatic heterocycles. The van der Waals surface area contributed by atoms with E-state index in [1.54, 1.807) is 0 Å². The molecular weight excluding hydrogens is 274 g/mol. The van der Waals surface area contributed by atoms with Crippen molar-refractivity contribution in [1.29, 1.82) is 0 Å². The maximum Gasteiger partial charge on any atom is 0.282 e. The summed E-state index contributed by atoms with van der Waals surface area (Å²) in [7, 11) is 0. The van der Waals surface area contributed by atoms with Crippen molar-refractivity contribution in [2.45, 2.75) is 13.0 Å². The van der Waals surface area contributed by atoms with Crippen LogP contribution in [0.5, 0.6) is 0 Å². The Balaban J connectivity index is 1.73. The maximum absolute atomic E-state index is 5.57. The van der Waals surface area contributed by atoms with Crippen molar-refractivity contribution >= 4 is 11.7 Å². The van der Waals surface area contributed by atoms with Crippen molar-refractivity contribution in [2.75, 3.05) is 24.6 Å². The minimum Gasteiger partial charge on any atom is -0.463 e. The fourth-order valence-electron chi connectivity index (χ4n) is 2.70. The van der Waals surface area contributed by atoms with Crippen LogP contribution in [0.25, 0.3) is 11.1 Å². The fraction of sp³-hybridized carbons (Fsp3) is 0.278. The lowest BCUT2D eigenvalue weighted by atomic mass is 10.1. The number of ether oxygens (including phenoxy) is 1. The lowest BCUT2D eigenvalue weighted by molar-refractivity contribution is 0.313. The van der Waals surface area contributed by atoms with Gasteiger partial charge in [-0.2, -0.15) is 0 Å². The zero-order chi connectivity index (χ0) is 15.4. The number of benzene rings is 2. The number of likely N-dealkylation sites (N-methyl/N-ethyl adjacent to an activating group) is 1. The van der Waals surface area contributed by atoms with Crippen LogP contribution in [0.1, 0.15) is 6.92 Å². The van der Waals surface area contributed by atoms with Gasteiger partial charge < -0.3 is 15.4 Å². The average molecular weight is 295 g/mol. The van der Waals surface area contributed by atoms with Crippen molar-refractivity contribution in [3.63, 3.8) is 0 Å². The van der Waals surface area contributed by atoms with E-state index in [0.29, 0.717) is 12.6 Å². The summed E-state index contributed by atoms with van der Waals surface area (Å²) in [6, 6.07) is 19.5. The Bertz CT molecular complexity index is 637. The van der Waals surface area contributed by atoms with Crippen LogP contribution in [0, 0.1) is 0 Å². The molecule has 114 valence electrons. The van der Waals surface area contributed by atoms with E-state index in [1.165, 1.54) is 16.8 Å². The largest absolute Gasteiger partial charge is 0.463 e. The zero-order valence-electron chi connectivity index (χ0n) is 12.8. The number of rotatable bonds is 5. The molecule has 1 atom stereocenters. The van der Waals surface area contributed by atoms with Gasteiger partial charge in [-0.1, -0.05) is 42.5 Å². The molecule has 0 radical (unpaired) electrons. The molecule has 0 fully saturated rings. The summed E-state index contributed by atoms with van der Waals surface area (Å²) in [6.07, 6.45) is 0. The van der Waals surface area contributed by atoms with E-state index >= 15 is 0 Å². The van der Waals surface area contributed by atoms with E-state index in [2.05, 4.69) is 65.3 Å². The van der Waals surface area contributed by atoms with E-state index in [1.807, 2.05) is 6.07 Å². The third-order valence-corrected chi connectivity index (χ3v) is 3.89. The van der Waals surface area contributed by atoms with Crippen LogP contribution >= 0.6 is 0 Å². The predicted octanol–water partition coefficient (Wildman–Crippen LogP) is 2.89. The molecule has 0 aliphatic carbocycles. The van der Waals surface area contributed by atoms with Gasteiger partial charge in [0.1, 0.15) is 12.6 Å². The first kappa shape index (κ1) is 14.4. The van der Waals surface area contributed by atoms with Gasteiger partial charge in [-0.25, -0.2) is 4.99 Å². The normalized spacial score (nSPS) is 17.0. The van der Waals surface area contributed by atoms with E-state index in [4.69, 9.17) is 10.5 Å². The van der Waals surface area contributed by atoms with Crippen molar-refractivity contribution in [2.24, 2.45) is 10.7 Å². The van der Waals surface area contributed by atoms with Gasteiger partial charge in [-0.15, -0.1) is 0 Å². The van der Waals surface area contributed by atoms with Crippen LogP contribution in [0.2, 0.25) is 0 Å². The molecule has 1 aliphatic heterocycles. The first-order valence-corrected chi connectivity index (χ1v) is 7.62. The Hall–Kier alpha value is -2.49. The molecule has 4 nitrogen and oxygen atoms in total. The number of nitrogens with two attached hydrogens (primary N) is 1. The SMILES string of the molecule is CCN(CC1COC(N)=N1)c1ccc(-c2ccccc2)cc1. The third kappa shape index (κ3) is 3.22. The Morgan fingerprint density at radius 3 is 2.36 bits per heavy atom. The van der Waals surface area contributed by atoms with Crippen LogP contribution < -0.4 is 10.6 Å². The molecule has 0 saturated heterocycles. The van der Waals surface area contributed by atoms with Gasteiger partial charge in [0, 0.05) is 18.8 Å². The summed E-state index contributed by atoms with van der Waals surface area (Å²) >= 11 is 0. The molecular formula is C18H21N3O. The first-order valence-electron chi connectivity index (χ1n) is 7.62. The van der Waals surface area contributed by atoms with Crippen molar-refractivity contribution in [3.8, 4) is 11.1 Å². The minimum absolute atomic E-state index is 0.119. The van der Waals surface area contributed by atoms with Gasteiger partial charge in [0.15, 0.2) is 0 Å². The van der Waals surface area contributed by atoms with Gasteiger partial charge in [-0.05, 0) is 30.2 Å². The second-order valence-corrected chi connectivity index (χ2v) is 5.38. The van der Waals surface area contributed by atoms with Gasteiger partial charge >= 0.3 is 0 Å². The Kier molecular flexibility index (Phi) is 4.28. The first-order chi connectivity index (χ1) is 10.8. The number of hydrogen-bond acceptors (Lipinski definition) is 4. The Morgan fingerprint density at radius 1 is 1.09 bits per heavy atom. The Labute approximate surface area is 131 Å². The highest BCUT2D eigenvalue weighted by Crippen LogP contribution is 2.23. The molecule has 1 heterocycles. The van der Waals surface area contributed by atoms with Crippen LogP contribution in [-0.2, 0) is 4.74 Å².